The summed E-state index contributed by atoms with van der Waals surface area (Å²) in [7, 11) is 0. The number of aryl methyl sites for hydroxylation is 2. The van der Waals surface area contributed by atoms with Crippen molar-refractivity contribution < 1.29 is 4.79 Å². The first kappa shape index (κ1) is 18.0. The highest BCUT2D eigenvalue weighted by Gasteiger charge is 2.26. The Balaban J connectivity index is 3.25. The van der Waals surface area contributed by atoms with Crippen LogP contribution in [-0.2, 0) is 6.42 Å². The third-order valence-electron chi connectivity index (χ3n) is 3.59. The lowest BCUT2D eigenvalue weighted by Crippen LogP contribution is -2.50. The van der Waals surface area contributed by atoms with Gasteiger partial charge in [-0.2, -0.15) is 0 Å². The van der Waals surface area contributed by atoms with Crippen LogP contribution < -0.4 is 10.6 Å². The number of carbonyl (C=O) groups excluding carboxylic acids is 1. The van der Waals surface area contributed by atoms with Crippen molar-refractivity contribution in [3.05, 3.63) is 29.3 Å². The van der Waals surface area contributed by atoms with E-state index in [1.54, 1.807) is 4.90 Å². The molecule has 0 bridgehead atoms. The Bertz CT molecular complexity index is 539. The molecule has 0 aliphatic carbocycles. The zero-order valence-electron chi connectivity index (χ0n) is 14.3. The maximum Gasteiger partial charge on any atom is 0.331 e. The molecule has 0 aliphatic heterocycles. The molecule has 1 rings (SSSR count). The van der Waals surface area contributed by atoms with Crippen molar-refractivity contribution in [3.8, 4) is 0 Å². The van der Waals surface area contributed by atoms with Crippen molar-refractivity contribution in [2.75, 3.05) is 18.0 Å². The lowest BCUT2D eigenvalue weighted by Gasteiger charge is -2.32. The molecule has 0 saturated heterocycles. The van der Waals surface area contributed by atoms with Crippen LogP contribution in [0.3, 0.4) is 0 Å². The SMILES string of the molecule is CCc1cccc(C)c1N(CC)C(=O)N(CC(C)C)C(=N)N. The molecular weight excluding hydrogens is 276 g/mol. The third kappa shape index (κ3) is 4.00. The second-order valence-corrected chi connectivity index (χ2v) is 5.85. The summed E-state index contributed by atoms with van der Waals surface area (Å²) in [5.74, 6) is 0.0397. The molecule has 5 heteroatoms. The molecule has 0 atom stereocenters. The minimum absolute atomic E-state index is 0.205. The third-order valence-corrected chi connectivity index (χ3v) is 3.59. The van der Waals surface area contributed by atoms with Crippen molar-refractivity contribution in [1.29, 1.82) is 5.41 Å². The number of amides is 2. The lowest BCUT2D eigenvalue weighted by atomic mass is 10.0. The quantitative estimate of drug-likeness (QED) is 0.646. The molecule has 0 aliphatic rings. The number of anilines is 1. The fraction of sp³-hybridized carbons (Fsp3) is 0.529. The Morgan fingerprint density at radius 3 is 2.41 bits per heavy atom. The number of guanidine groups is 1. The fourth-order valence-corrected chi connectivity index (χ4v) is 2.57. The first-order chi connectivity index (χ1) is 10.3. The van der Waals surface area contributed by atoms with Gasteiger partial charge in [0.05, 0.1) is 5.69 Å². The Kier molecular flexibility index (Phi) is 6.40. The van der Waals surface area contributed by atoms with Gasteiger partial charge in [0.15, 0.2) is 5.96 Å². The van der Waals surface area contributed by atoms with E-state index >= 15 is 0 Å². The highest BCUT2D eigenvalue weighted by atomic mass is 16.2. The topological polar surface area (TPSA) is 73.4 Å². The number of hydrogen-bond donors (Lipinski definition) is 2. The first-order valence-corrected chi connectivity index (χ1v) is 7.84. The van der Waals surface area contributed by atoms with Crippen LogP contribution in [0.25, 0.3) is 0 Å². The van der Waals surface area contributed by atoms with E-state index in [0.29, 0.717) is 13.1 Å². The van der Waals surface area contributed by atoms with Crippen molar-refractivity contribution in [2.24, 2.45) is 11.7 Å². The lowest BCUT2D eigenvalue weighted by molar-refractivity contribution is 0.222. The summed E-state index contributed by atoms with van der Waals surface area (Å²) >= 11 is 0. The molecule has 122 valence electrons. The number of rotatable bonds is 5. The average Bonchev–Trinajstić information content (AvgIpc) is 2.46. The normalized spacial score (nSPS) is 10.6. The van der Waals surface area contributed by atoms with E-state index in [2.05, 4.69) is 6.92 Å². The van der Waals surface area contributed by atoms with Crippen LogP contribution in [0.5, 0.6) is 0 Å². The molecule has 0 fully saturated rings. The Morgan fingerprint density at radius 1 is 1.32 bits per heavy atom. The predicted molar refractivity (Wildman–Crippen MR) is 92.4 cm³/mol. The van der Waals surface area contributed by atoms with E-state index in [0.717, 1.165) is 23.2 Å². The second-order valence-electron chi connectivity index (χ2n) is 5.85. The van der Waals surface area contributed by atoms with Crippen LogP contribution in [-0.4, -0.2) is 30.0 Å². The molecule has 1 aromatic carbocycles. The van der Waals surface area contributed by atoms with Crippen molar-refractivity contribution >= 4 is 17.7 Å². The largest absolute Gasteiger partial charge is 0.370 e. The summed E-state index contributed by atoms with van der Waals surface area (Å²) in [4.78, 5) is 16.0. The number of benzene rings is 1. The number of carbonyl (C=O) groups is 1. The van der Waals surface area contributed by atoms with Crippen LogP contribution in [0, 0.1) is 18.3 Å². The van der Waals surface area contributed by atoms with E-state index in [4.69, 9.17) is 11.1 Å². The van der Waals surface area contributed by atoms with Gasteiger partial charge < -0.3 is 5.73 Å². The van der Waals surface area contributed by atoms with Gasteiger partial charge in [0.1, 0.15) is 0 Å². The van der Waals surface area contributed by atoms with Gasteiger partial charge >= 0.3 is 6.03 Å². The van der Waals surface area contributed by atoms with Gasteiger partial charge in [-0.3, -0.25) is 15.2 Å². The Labute approximate surface area is 133 Å². The second kappa shape index (κ2) is 7.82. The molecule has 0 heterocycles. The summed E-state index contributed by atoms with van der Waals surface area (Å²) < 4.78 is 0. The molecule has 0 radical (unpaired) electrons. The Morgan fingerprint density at radius 2 is 1.95 bits per heavy atom. The average molecular weight is 304 g/mol. The maximum absolute atomic E-state index is 12.9. The molecule has 0 unspecified atom stereocenters. The van der Waals surface area contributed by atoms with E-state index in [1.165, 1.54) is 4.90 Å². The minimum Gasteiger partial charge on any atom is -0.370 e. The van der Waals surface area contributed by atoms with E-state index in [1.807, 2.05) is 45.9 Å². The first-order valence-electron chi connectivity index (χ1n) is 7.84. The molecule has 0 saturated carbocycles. The van der Waals surface area contributed by atoms with Gasteiger partial charge in [0.25, 0.3) is 0 Å². The van der Waals surface area contributed by atoms with Crippen LogP contribution in [0.2, 0.25) is 0 Å². The monoisotopic (exact) mass is 304 g/mol. The summed E-state index contributed by atoms with van der Waals surface area (Å²) in [5, 5.41) is 7.71. The van der Waals surface area contributed by atoms with E-state index in [-0.39, 0.29) is 17.9 Å². The highest BCUT2D eigenvalue weighted by Crippen LogP contribution is 2.26. The minimum atomic E-state index is -0.229. The van der Waals surface area contributed by atoms with Gasteiger partial charge in [0, 0.05) is 13.1 Å². The molecule has 1 aromatic rings. The highest BCUT2D eigenvalue weighted by molar-refractivity contribution is 6.03. The zero-order valence-corrected chi connectivity index (χ0v) is 14.3. The standard InChI is InChI=1S/C17H28N4O/c1-6-14-10-8-9-13(5)15(14)20(7-2)17(22)21(16(18)19)11-12(3)4/h8-10,12H,6-7,11H2,1-5H3,(H3,18,19). The van der Waals surface area contributed by atoms with E-state index < -0.39 is 0 Å². The van der Waals surface area contributed by atoms with Crippen molar-refractivity contribution in [1.82, 2.24) is 4.90 Å². The molecule has 5 nitrogen and oxygen atoms in total. The van der Waals surface area contributed by atoms with Crippen LogP contribution >= 0.6 is 0 Å². The van der Waals surface area contributed by atoms with E-state index in [9.17, 15) is 4.79 Å². The predicted octanol–water partition coefficient (Wildman–Crippen LogP) is 3.36. The molecule has 0 aromatic heterocycles. The van der Waals surface area contributed by atoms with Gasteiger partial charge in [0.2, 0.25) is 0 Å². The van der Waals surface area contributed by atoms with Gasteiger partial charge in [-0.25, -0.2) is 4.79 Å². The molecule has 2 amide bonds. The molecule has 3 N–H and O–H groups in total. The van der Waals surface area contributed by atoms with Crippen LogP contribution in [0.4, 0.5) is 10.5 Å². The van der Waals surface area contributed by atoms with Gasteiger partial charge in [-0.15, -0.1) is 0 Å². The summed E-state index contributed by atoms with van der Waals surface area (Å²) in [6.45, 7) is 11.0. The Hall–Kier alpha value is -2.04. The van der Waals surface area contributed by atoms with Crippen LogP contribution in [0.1, 0.15) is 38.8 Å². The molecular formula is C17H28N4O. The summed E-state index contributed by atoms with van der Waals surface area (Å²) in [6, 6.07) is 5.82. The number of nitrogens with one attached hydrogen (secondary N) is 1. The number of para-hydroxylation sites is 1. The van der Waals surface area contributed by atoms with Crippen LogP contribution in [0.15, 0.2) is 18.2 Å². The zero-order chi connectivity index (χ0) is 16.9. The number of hydrogen-bond acceptors (Lipinski definition) is 2. The summed E-state index contributed by atoms with van der Waals surface area (Å²) in [5.41, 5.74) is 8.75. The van der Waals surface area contributed by atoms with Crippen molar-refractivity contribution in [2.45, 2.75) is 41.0 Å². The molecule has 22 heavy (non-hydrogen) atoms. The number of nitrogens with zero attached hydrogens (tertiary/aromatic N) is 2. The number of nitrogens with two attached hydrogens (primary N) is 1. The maximum atomic E-state index is 12.9. The number of urea groups is 1. The van der Waals surface area contributed by atoms with Crippen molar-refractivity contribution in [3.63, 3.8) is 0 Å². The fourth-order valence-electron chi connectivity index (χ4n) is 2.57. The van der Waals surface area contributed by atoms with Gasteiger partial charge in [-0.05, 0) is 37.3 Å². The smallest absolute Gasteiger partial charge is 0.331 e. The summed E-state index contributed by atoms with van der Waals surface area (Å²) in [6.07, 6.45) is 0.852. The molecule has 0 spiro atoms. The van der Waals surface area contributed by atoms with Gasteiger partial charge in [-0.1, -0.05) is 39.0 Å².